The van der Waals surface area contributed by atoms with Crippen molar-refractivity contribution >= 4 is 49.8 Å². The molecule has 0 amide bonds. The molecule has 3 aromatic carbocycles. The lowest BCUT2D eigenvalue weighted by Gasteiger charge is -2.23. The molecular weight excluding hydrogens is 610 g/mol. The number of benzene rings is 3. The fourth-order valence-corrected chi connectivity index (χ4v) is 6.14. The van der Waals surface area contributed by atoms with E-state index in [1.807, 2.05) is 49.1 Å². The van der Waals surface area contributed by atoms with Gasteiger partial charge in [-0.1, -0.05) is 18.2 Å². The van der Waals surface area contributed by atoms with Gasteiger partial charge in [-0.25, -0.2) is 4.58 Å². The minimum Gasteiger partial charge on any atom is -0.372 e. The normalized spacial score (nSPS) is 12.6. The summed E-state index contributed by atoms with van der Waals surface area (Å²) in [4.78, 5) is 23.3. The molecule has 0 aromatic heterocycles. The van der Waals surface area contributed by atoms with Gasteiger partial charge in [-0.2, -0.15) is 8.42 Å². The zero-order chi connectivity index (χ0) is 33.6. The van der Waals surface area contributed by atoms with Crippen molar-refractivity contribution < 1.29 is 27.4 Å². The summed E-state index contributed by atoms with van der Waals surface area (Å²) < 4.78 is 38.4. The molecule has 13 heteroatoms. The second kappa shape index (κ2) is 14.3. The molecule has 240 valence electrons. The van der Waals surface area contributed by atoms with E-state index in [2.05, 4.69) is 23.7 Å². The van der Waals surface area contributed by atoms with Gasteiger partial charge in [-0.15, -0.1) is 0 Å². The fourth-order valence-electron chi connectivity index (χ4n) is 5.42. The Hall–Kier alpha value is -5.14. The molecule has 12 nitrogen and oxygen atoms in total. The molecule has 0 unspecified atom stereocenters. The molecule has 0 heterocycles. The van der Waals surface area contributed by atoms with Crippen molar-refractivity contribution in [3.8, 4) is 0 Å². The number of rotatable bonds is 12. The minimum atomic E-state index is -4.68. The zero-order valence-electron chi connectivity index (χ0n) is 26.0. The number of non-ortho nitro benzene ring substituents is 1. The van der Waals surface area contributed by atoms with Gasteiger partial charge in [0.15, 0.2) is 5.71 Å². The summed E-state index contributed by atoms with van der Waals surface area (Å²) in [5, 5.41) is 25.9. The third-order valence-electron chi connectivity index (χ3n) is 7.74. The summed E-state index contributed by atoms with van der Waals surface area (Å²) in [7, 11) is -4.68. The average Bonchev–Trinajstić information content (AvgIpc) is 3.03. The number of anilines is 3. The van der Waals surface area contributed by atoms with Gasteiger partial charge in [0.1, 0.15) is 23.7 Å². The molecule has 1 aliphatic carbocycles. The topological polar surface area (TPSA) is 159 Å². The summed E-state index contributed by atoms with van der Waals surface area (Å²) in [5.74, 6) is 0. The maximum Gasteiger partial charge on any atom is 0.299 e. The third-order valence-corrected chi connectivity index (χ3v) is 8.64. The van der Waals surface area contributed by atoms with Crippen LogP contribution in [0.5, 0.6) is 0 Å². The van der Waals surface area contributed by atoms with Crippen molar-refractivity contribution in [3.63, 3.8) is 0 Å². The highest BCUT2D eigenvalue weighted by atomic mass is 32.2. The number of nitrogens with one attached hydrogen (secondary N) is 1. The predicted molar refractivity (Wildman–Crippen MR) is 180 cm³/mol. The number of nitrogens with zero attached hydrogens (tertiary/aromatic N) is 4. The van der Waals surface area contributed by atoms with E-state index in [0.717, 1.165) is 24.9 Å². The van der Waals surface area contributed by atoms with Gasteiger partial charge in [0.2, 0.25) is 0 Å². The first-order valence-electron chi connectivity index (χ1n) is 14.8. The molecule has 0 fully saturated rings. The molecule has 0 atom stereocenters. The quantitative estimate of drug-likeness (QED) is 0.0938. The molecule has 0 saturated heterocycles. The Kier molecular flexibility index (Phi) is 10.5. The van der Waals surface area contributed by atoms with E-state index in [4.69, 9.17) is 0 Å². The SMILES string of the molecule is CCN(CC)c1ccc(C(=C2C=CC(=[N+](CC)CC)C=C2)c2cccc(Nc3ccc([N+](=O)[O-])cc3[N+](=O)[O-])c2)c(S(=O)(=O)O)c1. The molecular formula is C33H36N5O7S+. The number of hydrogen-bond donors (Lipinski definition) is 2. The summed E-state index contributed by atoms with van der Waals surface area (Å²) in [6.07, 6.45) is 7.66. The van der Waals surface area contributed by atoms with Crippen LogP contribution in [0.4, 0.5) is 28.4 Å². The second-order valence-electron chi connectivity index (χ2n) is 10.3. The van der Waals surface area contributed by atoms with Crippen LogP contribution in [0.2, 0.25) is 0 Å². The average molecular weight is 647 g/mol. The molecule has 2 N–H and O–H groups in total. The van der Waals surface area contributed by atoms with Crippen LogP contribution in [0.1, 0.15) is 38.8 Å². The van der Waals surface area contributed by atoms with E-state index in [-0.39, 0.29) is 16.1 Å². The highest BCUT2D eigenvalue weighted by Crippen LogP contribution is 2.38. The van der Waals surface area contributed by atoms with Gasteiger partial charge < -0.3 is 10.2 Å². The Labute approximate surface area is 267 Å². The Balaban J connectivity index is 1.94. The van der Waals surface area contributed by atoms with Crippen LogP contribution < -0.4 is 10.2 Å². The Morgan fingerprint density at radius 3 is 2.09 bits per heavy atom. The number of allylic oxidation sites excluding steroid dienone is 5. The van der Waals surface area contributed by atoms with Crippen molar-refractivity contribution in [1.29, 1.82) is 0 Å². The van der Waals surface area contributed by atoms with E-state index < -0.39 is 31.3 Å². The van der Waals surface area contributed by atoms with Crippen LogP contribution in [0.25, 0.3) is 5.57 Å². The number of nitro benzene ring substituents is 2. The van der Waals surface area contributed by atoms with Crippen molar-refractivity contribution in [2.75, 3.05) is 36.4 Å². The summed E-state index contributed by atoms with van der Waals surface area (Å²) in [6, 6.07) is 15.1. The Morgan fingerprint density at radius 1 is 0.848 bits per heavy atom. The van der Waals surface area contributed by atoms with Crippen molar-refractivity contribution in [1.82, 2.24) is 0 Å². The van der Waals surface area contributed by atoms with Gasteiger partial charge in [0.25, 0.3) is 21.5 Å². The molecule has 1 aliphatic rings. The lowest BCUT2D eigenvalue weighted by Crippen LogP contribution is -2.22. The summed E-state index contributed by atoms with van der Waals surface area (Å²) in [5.41, 5.74) is 3.20. The second-order valence-corrected chi connectivity index (χ2v) is 11.7. The first kappa shape index (κ1) is 33.7. The molecule has 0 saturated carbocycles. The molecule has 0 aliphatic heterocycles. The first-order chi connectivity index (χ1) is 21.9. The zero-order valence-corrected chi connectivity index (χ0v) is 26.8. The maximum absolute atomic E-state index is 12.9. The lowest BCUT2D eigenvalue weighted by atomic mass is 9.90. The van der Waals surface area contributed by atoms with E-state index in [9.17, 15) is 33.2 Å². The molecule has 46 heavy (non-hydrogen) atoms. The van der Waals surface area contributed by atoms with Crippen molar-refractivity contribution in [2.45, 2.75) is 32.6 Å². The van der Waals surface area contributed by atoms with Crippen LogP contribution in [0.15, 0.2) is 95.4 Å². The van der Waals surface area contributed by atoms with Crippen LogP contribution in [0, 0.1) is 20.2 Å². The monoisotopic (exact) mass is 646 g/mol. The maximum atomic E-state index is 12.9. The van der Waals surface area contributed by atoms with Gasteiger partial charge >= 0.3 is 0 Å². The number of hydrogen-bond acceptors (Lipinski definition) is 8. The molecule has 0 bridgehead atoms. The Morgan fingerprint density at radius 2 is 1.52 bits per heavy atom. The minimum absolute atomic E-state index is 0.0417. The smallest absolute Gasteiger partial charge is 0.299 e. The van der Waals surface area contributed by atoms with Crippen LogP contribution >= 0.6 is 0 Å². The highest BCUT2D eigenvalue weighted by molar-refractivity contribution is 7.86. The van der Waals surface area contributed by atoms with Crippen molar-refractivity contribution in [3.05, 3.63) is 122 Å². The molecule has 0 spiro atoms. The van der Waals surface area contributed by atoms with Gasteiger partial charge in [-0.05, 0) is 86.9 Å². The summed E-state index contributed by atoms with van der Waals surface area (Å²) >= 11 is 0. The van der Waals surface area contributed by atoms with Gasteiger partial charge in [0.05, 0.1) is 15.9 Å². The molecule has 3 aromatic rings. The predicted octanol–water partition coefficient (Wildman–Crippen LogP) is 6.76. The number of nitro groups is 2. The Bertz CT molecular complexity index is 1880. The molecule has 4 rings (SSSR count). The van der Waals surface area contributed by atoms with E-state index >= 15 is 0 Å². The third kappa shape index (κ3) is 7.38. The highest BCUT2D eigenvalue weighted by Gasteiger charge is 2.24. The van der Waals surface area contributed by atoms with E-state index in [1.54, 1.807) is 30.3 Å². The van der Waals surface area contributed by atoms with Crippen LogP contribution in [-0.2, 0) is 10.1 Å². The van der Waals surface area contributed by atoms with E-state index in [0.29, 0.717) is 41.2 Å². The van der Waals surface area contributed by atoms with Crippen LogP contribution in [0.3, 0.4) is 0 Å². The fraction of sp³-hybridized carbons (Fsp3) is 0.242. The largest absolute Gasteiger partial charge is 0.372 e. The van der Waals surface area contributed by atoms with Crippen molar-refractivity contribution in [2.24, 2.45) is 0 Å². The lowest BCUT2D eigenvalue weighted by molar-refractivity contribution is -0.519. The first-order valence-corrected chi connectivity index (χ1v) is 16.2. The van der Waals surface area contributed by atoms with Gasteiger partial charge in [0, 0.05) is 48.2 Å². The van der Waals surface area contributed by atoms with Crippen LogP contribution in [-0.4, -0.2) is 59.3 Å². The van der Waals surface area contributed by atoms with Gasteiger partial charge in [-0.3, -0.25) is 24.8 Å². The van der Waals surface area contributed by atoms with E-state index in [1.165, 1.54) is 18.2 Å². The summed E-state index contributed by atoms with van der Waals surface area (Å²) in [6.45, 7) is 10.9. The molecule has 0 radical (unpaired) electrons. The standard InChI is InChI=1S/C33H35N5O7S/c1-5-35(6-2)26-14-12-23(13-15-26)33(29-18-16-27(36(7-3)8-4)22-32(29)46(43,44)45)24-10-9-11-25(20-24)34-30-19-17-28(37(39)40)21-31(30)38(41)42/h9-22,34H,5-8H2,1-4H3/p+1.